The van der Waals surface area contributed by atoms with E-state index in [0.29, 0.717) is 30.5 Å². The summed E-state index contributed by atoms with van der Waals surface area (Å²) in [5.41, 5.74) is 2.06. The summed E-state index contributed by atoms with van der Waals surface area (Å²) in [5, 5.41) is 0. The van der Waals surface area contributed by atoms with Crippen LogP contribution in [-0.4, -0.2) is 23.3 Å². The minimum Gasteiger partial charge on any atom is -0.274 e. The molecule has 0 N–H and O–H groups in total. The van der Waals surface area contributed by atoms with Crippen molar-refractivity contribution in [3.8, 4) is 0 Å². The number of carbonyl (C=O) groups excluding carboxylic acids is 2. The lowest BCUT2D eigenvalue weighted by molar-refractivity contribution is -0.137. The summed E-state index contributed by atoms with van der Waals surface area (Å²) in [6, 6.07) is 19.7. The van der Waals surface area contributed by atoms with Crippen LogP contribution in [0.1, 0.15) is 49.4 Å². The first-order valence-corrected chi connectivity index (χ1v) is 10.2. The third-order valence-corrected chi connectivity index (χ3v) is 5.40. The molecule has 0 atom stereocenters. The molecule has 0 aliphatic carbocycles. The Morgan fingerprint density at radius 3 is 2.12 bits per heavy atom. The Kier molecular flexibility index (Phi) is 5.95. The van der Waals surface area contributed by atoms with E-state index in [0.717, 1.165) is 17.2 Å². The predicted molar refractivity (Wildman–Crippen MR) is 117 cm³/mol. The lowest BCUT2D eigenvalue weighted by Crippen LogP contribution is -2.30. The van der Waals surface area contributed by atoms with E-state index >= 15 is 0 Å². The standard InChI is InChI=1S/C26H20F3NO2/c27-26(28,29)23-13-4-1-10-20(23)15-14-19-8-5-7-18(17-19)9-6-16-30-24(31)21-11-2-3-12-22(21)25(30)32/h1-5,7-8,10-15,17H,6,9,16H2. The van der Waals surface area contributed by atoms with E-state index in [9.17, 15) is 22.8 Å². The number of imide groups is 1. The Hall–Kier alpha value is -3.67. The van der Waals surface area contributed by atoms with E-state index in [1.165, 1.54) is 23.1 Å². The molecule has 0 spiro atoms. The van der Waals surface area contributed by atoms with Gasteiger partial charge in [0.15, 0.2) is 0 Å². The number of fused-ring (bicyclic) bond motifs is 1. The van der Waals surface area contributed by atoms with Crippen LogP contribution >= 0.6 is 0 Å². The van der Waals surface area contributed by atoms with Crippen LogP contribution in [0.3, 0.4) is 0 Å². The maximum absolute atomic E-state index is 13.2. The average molecular weight is 435 g/mol. The number of hydrogen-bond acceptors (Lipinski definition) is 2. The van der Waals surface area contributed by atoms with Crippen LogP contribution in [0, 0.1) is 0 Å². The Morgan fingerprint density at radius 1 is 0.781 bits per heavy atom. The van der Waals surface area contributed by atoms with Gasteiger partial charge in [-0.2, -0.15) is 13.2 Å². The van der Waals surface area contributed by atoms with Gasteiger partial charge in [-0.05, 0) is 47.7 Å². The first-order chi connectivity index (χ1) is 15.3. The van der Waals surface area contributed by atoms with Crippen LogP contribution in [0.5, 0.6) is 0 Å². The van der Waals surface area contributed by atoms with Crippen LogP contribution in [0.2, 0.25) is 0 Å². The number of nitrogens with zero attached hydrogens (tertiary/aromatic N) is 1. The van der Waals surface area contributed by atoms with Crippen molar-refractivity contribution in [3.05, 3.63) is 106 Å². The number of benzene rings is 3. The smallest absolute Gasteiger partial charge is 0.274 e. The van der Waals surface area contributed by atoms with Crippen molar-refractivity contribution in [3.63, 3.8) is 0 Å². The molecule has 32 heavy (non-hydrogen) atoms. The largest absolute Gasteiger partial charge is 0.416 e. The fourth-order valence-corrected chi connectivity index (χ4v) is 3.82. The molecule has 0 radical (unpaired) electrons. The van der Waals surface area contributed by atoms with Crippen LogP contribution in [0.4, 0.5) is 13.2 Å². The first-order valence-electron chi connectivity index (χ1n) is 10.2. The lowest BCUT2D eigenvalue weighted by atomic mass is 10.0. The summed E-state index contributed by atoms with van der Waals surface area (Å²) in [5.74, 6) is -0.545. The van der Waals surface area contributed by atoms with E-state index in [1.54, 1.807) is 36.4 Å². The summed E-state index contributed by atoms with van der Waals surface area (Å²) < 4.78 is 39.5. The normalized spacial score (nSPS) is 13.8. The second kappa shape index (κ2) is 8.83. The highest BCUT2D eigenvalue weighted by Gasteiger charge is 2.34. The quantitative estimate of drug-likeness (QED) is 0.346. The van der Waals surface area contributed by atoms with Gasteiger partial charge in [-0.25, -0.2) is 0 Å². The molecule has 0 saturated heterocycles. The van der Waals surface area contributed by atoms with E-state index in [4.69, 9.17) is 0 Å². The van der Waals surface area contributed by atoms with Gasteiger partial charge in [0.05, 0.1) is 16.7 Å². The van der Waals surface area contributed by atoms with Gasteiger partial charge in [-0.1, -0.05) is 66.7 Å². The molecule has 1 aliphatic heterocycles. The molecule has 0 bridgehead atoms. The topological polar surface area (TPSA) is 37.4 Å². The third-order valence-electron chi connectivity index (χ3n) is 5.40. The van der Waals surface area contributed by atoms with E-state index in [2.05, 4.69) is 0 Å². The zero-order valence-corrected chi connectivity index (χ0v) is 17.1. The molecule has 4 rings (SSSR count). The van der Waals surface area contributed by atoms with Gasteiger partial charge in [0.2, 0.25) is 0 Å². The molecule has 3 aromatic rings. The average Bonchev–Trinajstić information content (AvgIpc) is 3.03. The molecule has 6 heteroatoms. The highest BCUT2D eigenvalue weighted by Crippen LogP contribution is 2.32. The zero-order chi connectivity index (χ0) is 22.7. The van der Waals surface area contributed by atoms with Crippen LogP contribution < -0.4 is 0 Å². The molecular weight excluding hydrogens is 415 g/mol. The number of aryl methyl sites for hydroxylation is 1. The molecule has 162 valence electrons. The molecule has 0 fully saturated rings. The lowest BCUT2D eigenvalue weighted by Gasteiger charge is -2.13. The van der Waals surface area contributed by atoms with Gasteiger partial charge >= 0.3 is 6.18 Å². The first kappa shape index (κ1) is 21.6. The van der Waals surface area contributed by atoms with E-state index < -0.39 is 11.7 Å². The second-order valence-corrected chi connectivity index (χ2v) is 7.57. The Labute approximate surface area is 183 Å². The zero-order valence-electron chi connectivity index (χ0n) is 17.1. The second-order valence-electron chi connectivity index (χ2n) is 7.57. The number of rotatable bonds is 6. The van der Waals surface area contributed by atoms with Gasteiger partial charge in [0.25, 0.3) is 11.8 Å². The SMILES string of the molecule is O=C1c2ccccc2C(=O)N1CCCc1cccc(C=Cc2ccccc2C(F)(F)F)c1. The van der Waals surface area contributed by atoms with Crippen molar-refractivity contribution in [2.75, 3.05) is 6.54 Å². The van der Waals surface area contributed by atoms with Crippen LogP contribution in [0.25, 0.3) is 12.2 Å². The van der Waals surface area contributed by atoms with Gasteiger partial charge in [-0.3, -0.25) is 14.5 Å². The third kappa shape index (κ3) is 4.49. The highest BCUT2D eigenvalue weighted by molar-refractivity contribution is 6.21. The fourth-order valence-electron chi connectivity index (χ4n) is 3.82. The number of carbonyl (C=O) groups is 2. The number of amides is 2. The van der Waals surface area contributed by atoms with Gasteiger partial charge in [0, 0.05) is 6.54 Å². The van der Waals surface area contributed by atoms with Crippen molar-refractivity contribution < 1.29 is 22.8 Å². The highest BCUT2D eigenvalue weighted by atomic mass is 19.4. The van der Waals surface area contributed by atoms with Crippen molar-refractivity contribution in [1.29, 1.82) is 0 Å². The summed E-state index contributed by atoms with van der Waals surface area (Å²) >= 11 is 0. The Morgan fingerprint density at radius 2 is 1.44 bits per heavy atom. The van der Waals surface area contributed by atoms with Gasteiger partial charge < -0.3 is 0 Å². The van der Waals surface area contributed by atoms with Gasteiger partial charge in [-0.15, -0.1) is 0 Å². The predicted octanol–water partition coefficient (Wildman–Crippen LogP) is 6.10. The maximum atomic E-state index is 13.2. The maximum Gasteiger partial charge on any atom is 0.416 e. The van der Waals surface area contributed by atoms with Crippen LogP contribution in [-0.2, 0) is 12.6 Å². The Balaban J connectivity index is 1.40. The van der Waals surface area contributed by atoms with Crippen molar-refractivity contribution in [1.82, 2.24) is 4.90 Å². The minimum absolute atomic E-state index is 0.107. The van der Waals surface area contributed by atoms with Crippen LogP contribution in [0.15, 0.2) is 72.8 Å². The van der Waals surface area contributed by atoms with E-state index in [-0.39, 0.29) is 17.4 Å². The molecule has 1 heterocycles. The monoisotopic (exact) mass is 435 g/mol. The summed E-state index contributed by atoms with van der Waals surface area (Å²) in [6.45, 7) is 0.311. The number of hydrogen-bond donors (Lipinski definition) is 0. The Bertz CT molecular complexity index is 1160. The van der Waals surface area contributed by atoms with Gasteiger partial charge in [0.1, 0.15) is 0 Å². The molecule has 0 unspecified atom stereocenters. The minimum atomic E-state index is -4.41. The molecule has 2 amide bonds. The van der Waals surface area contributed by atoms with Crippen molar-refractivity contribution >= 4 is 24.0 Å². The van der Waals surface area contributed by atoms with E-state index in [1.807, 2.05) is 24.3 Å². The molecule has 3 aromatic carbocycles. The molecule has 0 aromatic heterocycles. The number of halogens is 3. The van der Waals surface area contributed by atoms with Crippen molar-refractivity contribution in [2.24, 2.45) is 0 Å². The summed E-state index contributed by atoms with van der Waals surface area (Å²) in [4.78, 5) is 26.1. The molecule has 3 nitrogen and oxygen atoms in total. The summed E-state index contributed by atoms with van der Waals surface area (Å²) in [7, 11) is 0. The van der Waals surface area contributed by atoms with Crippen molar-refractivity contribution in [2.45, 2.75) is 19.0 Å². The summed E-state index contributed by atoms with van der Waals surface area (Å²) in [6.07, 6.45) is -0.0738. The molecular formula is C26H20F3NO2. The fraction of sp³-hybridized carbons (Fsp3) is 0.154. The number of alkyl halides is 3. The molecule has 1 aliphatic rings. The molecule has 0 saturated carbocycles.